The average molecular weight is 220 g/mol. The fourth-order valence-electron chi connectivity index (χ4n) is 2.91. The van der Waals surface area contributed by atoms with Gasteiger partial charge in [-0.05, 0) is 32.1 Å². The minimum absolute atomic E-state index is 0.0923. The summed E-state index contributed by atoms with van der Waals surface area (Å²) in [6.45, 7) is 0. The zero-order valence-electron chi connectivity index (χ0n) is 9.22. The predicted molar refractivity (Wildman–Crippen MR) is 58.4 cm³/mol. The molecule has 1 heterocycles. The van der Waals surface area contributed by atoms with Crippen molar-refractivity contribution in [3.63, 3.8) is 0 Å². The Hall–Kier alpha value is -1.16. The lowest BCUT2D eigenvalue weighted by Crippen LogP contribution is -2.23. The third kappa shape index (κ3) is 1.40. The maximum absolute atomic E-state index is 11.7. The highest BCUT2D eigenvalue weighted by molar-refractivity contribution is 5.97. The van der Waals surface area contributed by atoms with Crippen LogP contribution in [0.3, 0.4) is 0 Å². The molecule has 2 unspecified atom stereocenters. The molecule has 2 atom stereocenters. The number of hydrogen-bond donors (Lipinski definition) is 1. The molecule has 86 valence electrons. The molecule has 0 bridgehead atoms. The van der Waals surface area contributed by atoms with E-state index in [0.717, 1.165) is 43.4 Å². The van der Waals surface area contributed by atoms with Gasteiger partial charge in [-0.2, -0.15) is 5.10 Å². The molecule has 0 saturated heterocycles. The fourth-order valence-corrected chi connectivity index (χ4v) is 2.91. The van der Waals surface area contributed by atoms with Gasteiger partial charge in [-0.15, -0.1) is 0 Å². The molecular formula is C12H16N2O2. The maximum atomic E-state index is 11.7. The first-order valence-electron chi connectivity index (χ1n) is 6.05. The van der Waals surface area contributed by atoms with Gasteiger partial charge < -0.3 is 5.11 Å². The second-order valence-corrected chi connectivity index (χ2v) is 4.79. The normalized spacial score (nSPS) is 29.4. The molecule has 1 aromatic rings. The van der Waals surface area contributed by atoms with Crippen LogP contribution in [-0.2, 0) is 6.42 Å². The molecular weight excluding hydrogens is 204 g/mol. The summed E-state index contributed by atoms with van der Waals surface area (Å²) in [5.74, 6) is 0.208. The first-order valence-corrected chi connectivity index (χ1v) is 6.05. The molecule has 3 rings (SSSR count). The van der Waals surface area contributed by atoms with Crippen LogP contribution in [0.15, 0.2) is 6.20 Å². The van der Waals surface area contributed by atoms with E-state index in [1.807, 2.05) is 4.68 Å². The zero-order chi connectivity index (χ0) is 11.1. The highest BCUT2D eigenvalue weighted by Crippen LogP contribution is 2.33. The third-order valence-corrected chi connectivity index (χ3v) is 3.77. The van der Waals surface area contributed by atoms with Gasteiger partial charge in [0, 0.05) is 12.1 Å². The number of aromatic nitrogens is 2. The SMILES string of the molecule is O=C1CCCc2c1cnn2C1CCCC1O. The Balaban J connectivity index is 1.99. The maximum Gasteiger partial charge on any atom is 0.166 e. The van der Waals surface area contributed by atoms with Crippen molar-refractivity contribution in [3.8, 4) is 0 Å². The summed E-state index contributed by atoms with van der Waals surface area (Å²) in [5.41, 5.74) is 1.83. The Bertz CT molecular complexity index is 425. The van der Waals surface area contributed by atoms with E-state index in [2.05, 4.69) is 5.10 Å². The van der Waals surface area contributed by atoms with E-state index < -0.39 is 0 Å². The molecule has 4 nitrogen and oxygen atoms in total. The first kappa shape index (κ1) is 10.0. The van der Waals surface area contributed by atoms with Crippen molar-refractivity contribution < 1.29 is 9.90 Å². The average Bonchev–Trinajstić information content (AvgIpc) is 2.84. The molecule has 2 aliphatic rings. The number of Topliss-reactive ketones (excluding diaryl/α,β-unsaturated/α-hetero) is 1. The number of carbonyl (C=O) groups is 1. The van der Waals surface area contributed by atoms with Crippen LogP contribution < -0.4 is 0 Å². The van der Waals surface area contributed by atoms with Crippen LogP contribution in [0.5, 0.6) is 0 Å². The Morgan fingerprint density at radius 1 is 1.31 bits per heavy atom. The number of aliphatic hydroxyl groups excluding tert-OH is 1. The van der Waals surface area contributed by atoms with Gasteiger partial charge in [-0.3, -0.25) is 9.48 Å². The third-order valence-electron chi connectivity index (χ3n) is 3.77. The molecule has 0 aromatic carbocycles. The standard InChI is InChI=1S/C12H16N2O2/c15-11-5-1-3-9-8(11)7-13-14(9)10-4-2-6-12(10)16/h7,10,12,16H,1-6H2. The van der Waals surface area contributed by atoms with Crippen LogP contribution in [0.2, 0.25) is 0 Å². The number of rotatable bonds is 1. The van der Waals surface area contributed by atoms with E-state index in [1.54, 1.807) is 6.20 Å². The molecule has 1 aromatic heterocycles. The van der Waals surface area contributed by atoms with Gasteiger partial charge >= 0.3 is 0 Å². The van der Waals surface area contributed by atoms with E-state index in [1.165, 1.54) is 0 Å². The van der Waals surface area contributed by atoms with E-state index >= 15 is 0 Å². The van der Waals surface area contributed by atoms with Crippen molar-refractivity contribution in [2.45, 2.75) is 50.7 Å². The van der Waals surface area contributed by atoms with E-state index in [-0.39, 0.29) is 17.9 Å². The van der Waals surface area contributed by atoms with Crippen LogP contribution in [0.1, 0.15) is 54.2 Å². The van der Waals surface area contributed by atoms with Crippen molar-refractivity contribution in [2.24, 2.45) is 0 Å². The largest absolute Gasteiger partial charge is 0.391 e. The Kier molecular flexibility index (Phi) is 2.32. The summed E-state index contributed by atoms with van der Waals surface area (Å²) in [4.78, 5) is 11.7. The van der Waals surface area contributed by atoms with Gasteiger partial charge in [0.25, 0.3) is 0 Å². The van der Waals surface area contributed by atoms with Crippen molar-refractivity contribution in [3.05, 3.63) is 17.5 Å². The first-order chi connectivity index (χ1) is 7.77. The number of carbonyl (C=O) groups excluding carboxylic acids is 1. The van der Waals surface area contributed by atoms with Crippen LogP contribution in [0, 0.1) is 0 Å². The summed E-state index contributed by atoms with van der Waals surface area (Å²) < 4.78 is 1.91. The number of nitrogens with zero attached hydrogens (tertiary/aromatic N) is 2. The van der Waals surface area contributed by atoms with Crippen molar-refractivity contribution in [1.29, 1.82) is 0 Å². The summed E-state index contributed by atoms with van der Waals surface area (Å²) in [5, 5.41) is 14.2. The van der Waals surface area contributed by atoms with Crippen LogP contribution in [-0.4, -0.2) is 26.8 Å². The quantitative estimate of drug-likeness (QED) is 0.780. The van der Waals surface area contributed by atoms with Gasteiger partial charge in [-0.1, -0.05) is 0 Å². The van der Waals surface area contributed by atoms with Crippen molar-refractivity contribution in [1.82, 2.24) is 9.78 Å². The molecule has 1 fully saturated rings. The van der Waals surface area contributed by atoms with E-state index in [4.69, 9.17) is 0 Å². The molecule has 0 aliphatic heterocycles. The molecule has 4 heteroatoms. The number of hydrogen-bond acceptors (Lipinski definition) is 3. The number of ketones is 1. The molecule has 0 radical (unpaired) electrons. The zero-order valence-corrected chi connectivity index (χ0v) is 9.22. The lowest BCUT2D eigenvalue weighted by molar-refractivity contribution is 0.0968. The fraction of sp³-hybridized carbons (Fsp3) is 0.667. The van der Waals surface area contributed by atoms with Crippen LogP contribution in [0.4, 0.5) is 0 Å². The highest BCUT2D eigenvalue weighted by atomic mass is 16.3. The number of fused-ring (bicyclic) bond motifs is 1. The van der Waals surface area contributed by atoms with Gasteiger partial charge in [0.15, 0.2) is 5.78 Å². The van der Waals surface area contributed by atoms with E-state index in [9.17, 15) is 9.90 Å². The Morgan fingerprint density at radius 2 is 2.19 bits per heavy atom. The minimum Gasteiger partial charge on any atom is -0.391 e. The minimum atomic E-state index is -0.291. The van der Waals surface area contributed by atoms with Crippen molar-refractivity contribution >= 4 is 5.78 Å². The highest BCUT2D eigenvalue weighted by Gasteiger charge is 2.31. The van der Waals surface area contributed by atoms with Gasteiger partial charge in [-0.25, -0.2) is 0 Å². The summed E-state index contributed by atoms with van der Waals surface area (Å²) in [7, 11) is 0. The molecule has 0 spiro atoms. The monoisotopic (exact) mass is 220 g/mol. The van der Waals surface area contributed by atoms with Crippen LogP contribution in [0.25, 0.3) is 0 Å². The molecule has 0 amide bonds. The lowest BCUT2D eigenvalue weighted by Gasteiger charge is -2.20. The van der Waals surface area contributed by atoms with Gasteiger partial charge in [0.1, 0.15) is 0 Å². The van der Waals surface area contributed by atoms with Crippen LogP contribution >= 0.6 is 0 Å². The number of aliphatic hydroxyl groups is 1. The molecule has 1 saturated carbocycles. The summed E-state index contributed by atoms with van der Waals surface area (Å²) in [6.07, 6.45) is 6.75. The van der Waals surface area contributed by atoms with E-state index in [0.29, 0.717) is 6.42 Å². The summed E-state index contributed by atoms with van der Waals surface area (Å²) in [6, 6.07) is 0.0923. The second kappa shape index (κ2) is 3.70. The van der Waals surface area contributed by atoms with Crippen molar-refractivity contribution in [2.75, 3.05) is 0 Å². The predicted octanol–water partition coefficient (Wildman–Crippen LogP) is 1.49. The Morgan fingerprint density at radius 3 is 2.94 bits per heavy atom. The summed E-state index contributed by atoms with van der Waals surface area (Å²) >= 11 is 0. The van der Waals surface area contributed by atoms with Gasteiger partial charge in [0.05, 0.1) is 23.9 Å². The molecule has 16 heavy (non-hydrogen) atoms. The second-order valence-electron chi connectivity index (χ2n) is 4.79. The Labute approximate surface area is 94.3 Å². The molecule has 2 aliphatic carbocycles. The molecule has 1 N–H and O–H groups in total. The lowest BCUT2D eigenvalue weighted by atomic mass is 9.96. The smallest absolute Gasteiger partial charge is 0.166 e. The van der Waals surface area contributed by atoms with Gasteiger partial charge in [0.2, 0.25) is 0 Å². The topological polar surface area (TPSA) is 55.1 Å².